The second-order valence-corrected chi connectivity index (χ2v) is 3.95. The first-order valence-corrected chi connectivity index (χ1v) is 5.62. The smallest absolute Gasteiger partial charge is 0.154 e. The third-order valence-electron chi connectivity index (χ3n) is 2.72. The van der Waals surface area contributed by atoms with Crippen LogP contribution in [-0.2, 0) is 0 Å². The zero-order valence-corrected chi connectivity index (χ0v) is 9.79. The zero-order chi connectivity index (χ0) is 13.2. The minimum absolute atomic E-state index is 0.322. The molecule has 1 aromatic carbocycles. The number of carbonyl (C=O) groups is 1. The van der Waals surface area contributed by atoms with Crippen LogP contribution in [0.15, 0.2) is 53.3 Å². The van der Waals surface area contributed by atoms with Crippen LogP contribution in [0.1, 0.15) is 10.4 Å². The summed E-state index contributed by atoms with van der Waals surface area (Å²) in [5, 5.41) is 4.29. The van der Waals surface area contributed by atoms with Crippen LogP contribution in [0.4, 0.5) is 4.39 Å². The van der Waals surface area contributed by atoms with Gasteiger partial charge in [0.25, 0.3) is 0 Å². The van der Waals surface area contributed by atoms with Crippen molar-refractivity contribution in [2.24, 2.45) is 0 Å². The molecule has 0 radical (unpaired) electrons. The van der Waals surface area contributed by atoms with Crippen LogP contribution in [0.25, 0.3) is 17.1 Å². The molecule has 94 valence electrons. The van der Waals surface area contributed by atoms with E-state index in [4.69, 9.17) is 4.42 Å². The number of hydrogen-bond donors (Lipinski definition) is 0. The van der Waals surface area contributed by atoms with E-state index in [1.165, 1.54) is 23.1 Å². The lowest BCUT2D eigenvalue weighted by Gasteiger charge is -1.99. The second kappa shape index (κ2) is 4.53. The van der Waals surface area contributed by atoms with E-state index < -0.39 is 0 Å². The molecular formula is C14H9FN2O2. The molecule has 4 nitrogen and oxygen atoms in total. The monoisotopic (exact) mass is 256 g/mol. The summed E-state index contributed by atoms with van der Waals surface area (Å²) >= 11 is 0. The number of aromatic nitrogens is 2. The maximum atomic E-state index is 12.9. The molecule has 0 aliphatic rings. The van der Waals surface area contributed by atoms with Crippen LogP contribution in [0.3, 0.4) is 0 Å². The van der Waals surface area contributed by atoms with Crippen molar-refractivity contribution in [3.8, 4) is 17.1 Å². The molecule has 0 unspecified atom stereocenters. The Kier molecular flexibility index (Phi) is 2.72. The molecular weight excluding hydrogens is 247 g/mol. The predicted octanol–water partition coefficient (Wildman–Crippen LogP) is 3.08. The molecule has 0 saturated heterocycles. The van der Waals surface area contributed by atoms with Crippen LogP contribution in [0, 0.1) is 5.82 Å². The summed E-state index contributed by atoms with van der Waals surface area (Å²) in [7, 11) is 0. The fourth-order valence-electron chi connectivity index (χ4n) is 1.80. The minimum Gasteiger partial charge on any atom is -0.463 e. The normalized spacial score (nSPS) is 10.6. The number of carbonyl (C=O) groups excluding carboxylic acids is 1. The van der Waals surface area contributed by atoms with Gasteiger partial charge in [0.05, 0.1) is 17.5 Å². The molecule has 19 heavy (non-hydrogen) atoms. The molecule has 5 heteroatoms. The van der Waals surface area contributed by atoms with Gasteiger partial charge in [0.2, 0.25) is 0 Å². The number of hydrogen-bond acceptors (Lipinski definition) is 3. The van der Waals surface area contributed by atoms with E-state index in [2.05, 4.69) is 5.10 Å². The fourth-order valence-corrected chi connectivity index (χ4v) is 1.80. The van der Waals surface area contributed by atoms with Gasteiger partial charge in [-0.05, 0) is 36.4 Å². The number of nitrogens with zero attached hydrogens (tertiary/aromatic N) is 2. The first-order valence-electron chi connectivity index (χ1n) is 5.62. The number of benzene rings is 1. The Morgan fingerprint density at radius 2 is 2.00 bits per heavy atom. The third-order valence-corrected chi connectivity index (χ3v) is 2.72. The Morgan fingerprint density at radius 1 is 1.21 bits per heavy atom. The maximum absolute atomic E-state index is 12.9. The average Bonchev–Trinajstić information content (AvgIpc) is 3.08. The molecule has 0 saturated carbocycles. The molecule has 2 aromatic heterocycles. The number of furan rings is 1. The zero-order valence-electron chi connectivity index (χ0n) is 9.79. The van der Waals surface area contributed by atoms with Crippen LogP contribution < -0.4 is 0 Å². The Bertz CT molecular complexity index is 700. The van der Waals surface area contributed by atoms with Gasteiger partial charge in [0.15, 0.2) is 12.0 Å². The van der Waals surface area contributed by atoms with Crippen molar-refractivity contribution < 1.29 is 13.6 Å². The summed E-state index contributed by atoms with van der Waals surface area (Å²) in [6.07, 6.45) is 3.81. The summed E-state index contributed by atoms with van der Waals surface area (Å²) in [6.45, 7) is 0. The molecule has 0 amide bonds. The van der Waals surface area contributed by atoms with Crippen LogP contribution in [0.2, 0.25) is 0 Å². The highest BCUT2D eigenvalue weighted by atomic mass is 19.1. The van der Waals surface area contributed by atoms with Gasteiger partial charge in [0.1, 0.15) is 11.5 Å². The third kappa shape index (κ3) is 2.06. The topological polar surface area (TPSA) is 48.0 Å². The maximum Gasteiger partial charge on any atom is 0.154 e. The first-order chi connectivity index (χ1) is 9.28. The van der Waals surface area contributed by atoms with E-state index in [1.807, 2.05) is 0 Å². The molecule has 0 bridgehead atoms. The first kappa shape index (κ1) is 11.4. The lowest BCUT2D eigenvalue weighted by atomic mass is 10.2. The van der Waals surface area contributed by atoms with E-state index in [-0.39, 0.29) is 5.82 Å². The van der Waals surface area contributed by atoms with Gasteiger partial charge < -0.3 is 4.42 Å². The quantitative estimate of drug-likeness (QED) is 0.676. The van der Waals surface area contributed by atoms with Gasteiger partial charge in [0, 0.05) is 6.20 Å². The number of rotatable bonds is 3. The SMILES string of the molecule is O=Cc1cn(-c2ccc(F)cc2)nc1-c1ccco1. The Hall–Kier alpha value is -2.69. The Morgan fingerprint density at radius 3 is 2.63 bits per heavy atom. The van der Waals surface area contributed by atoms with Gasteiger partial charge in [-0.1, -0.05) is 0 Å². The van der Waals surface area contributed by atoms with Crippen molar-refractivity contribution >= 4 is 6.29 Å². The largest absolute Gasteiger partial charge is 0.463 e. The molecule has 0 N–H and O–H groups in total. The lowest BCUT2D eigenvalue weighted by Crippen LogP contribution is -1.94. The highest BCUT2D eigenvalue weighted by Gasteiger charge is 2.13. The van der Waals surface area contributed by atoms with Crippen molar-refractivity contribution in [2.45, 2.75) is 0 Å². The van der Waals surface area contributed by atoms with Crippen molar-refractivity contribution in [2.75, 3.05) is 0 Å². The van der Waals surface area contributed by atoms with Gasteiger partial charge in [-0.15, -0.1) is 0 Å². The van der Waals surface area contributed by atoms with E-state index in [0.717, 1.165) is 0 Å². The van der Waals surface area contributed by atoms with E-state index >= 15 is 0 Å². The molecule has 3 rings (SSSR count). The molecule has 3 aromatic rings. The predicted molar refractivity (Wildman–Crippen MR) is 66.6 cm³/mol. The van der Waals surface area contributed by atoms with Crippen LogP contribution in [0.5, 0.6) is 0 Å². The molecule has 0 aliphatic carbocycles. The van der Waals surface area contributed by atoms with Gasteiger partial charge in [-0.2, -0.15) is 5.10 Å². The fraction of sp³-hybridized carbons (Fsp3) is 0. The molecule has 0 fully saturated rings. The standard InChI is InChI=1S/C14H9FN2O2/c15-11-3-5-12(6-4-11)17-8-10(9-18)14(16-17)13-2-1-7-19-13/h1-9H. The lowest BCUT2D eigenvalue weighted by molar-refractivity contribution is 0.112. The van der Waals surface area contributed by atoms with E-state index in [1.54, 1.807) is 30.5 Å². The minimum atomic E-state index is -0.322. The second-order valence-electron chi connectivity index (χ2n) is 3.95. The van der Waals surface area contributed by atoms with Gasteiger partial charge >= 0.3 is 0 Å². The highest BCUT2D eigenvalue weighted by molar-refractivity contribution is 5.84. The van der Waals surface area contributed by atoms with E-state index in [0.29, 0.717) is 29.0 Å². The molecule has 0 aliphatic heterocycles. The average molecular weight is 256 g/mol. The number of halogens is 1. The summed E-state index contributed by atoms with van der Waals surface area (Å²) in [5.41, 5.74) is 1.55. The van der Waals surface area contributed by atoms with Crippen LogP contribution >= 0.6 is 0 Å². The summed E-state index contributed by atoms with van der Waals surface area (Å²) in [5.74, 6) is 0.195. The molecule has 0 spiro atoms. The van der Waals surface area contributed by atoms with Gasteiger partial charge in [-0.25, -0.2) is 9.07 Å². The van der Waals surface area contributed by atoms with Gasteiger partial charge in [-0.3, -0.25) is 4.79 Å². The number of aldehydes is 1. The van der Waals surface area contributed by atoms with Crippen molar-refractivity contribution in [3.05, 3.63) is 60.2 Å². The van der Waals surface area contributed by atoms with Crippen molar-refractivity contribution in [3.63, 3.8) is 0 Å². The Balaban J connectivity index is 2.09. The summed E-state index contributed by atoms with van der Waals surface area (Å²) in [6, 6.07) is 9.30. The van der Waals surface area contributed by atoms with Crippen molar-refractivity contribution in [1.29, 1.82) is 0 Å². The summed E-state index contributed by atoms with van der Waals surface area (Å²) < 4.78 is 19.6. The highest BCUT2D eigenvalue weighted by Crippen LogP contribution is 2.22. The van der Waals surface area contributed by atoms with E-state index in [9.17, 15) is 9.18 Å². The Labute approximate surface area is 108 Å². The van der Waals surface area contributed by atoms with Crippen molar-refractivity contribution in [1.82, 2.24) is 9.78 Å². The molecule has 0 atom stereocenters. The van der Waals surface area contributed by atoms with Crippen LogP contribution in [-0.4, -0.2) is 16.1 Å². The molecule has 2 heterocycles. The summed E-state index contributed by atoms with van der Waals surface area (Å²) in [4.78, 5) is 11.1.